The molecule has 1 heterocycles. The lowest BCUT2D eigenvalue weighted by molar-refractivity contribution is -0.125. The number of amides is 2. The smallest absolute Gasteiger partial charge is 0.234 e. The Hall–Kier alpha value is -1.84. The second kappa shape index (κ2) is 4.80. The van der Waals surface area contributed by atoms with Crippen LogP contribution >= 0.6 is 0 Å². The average Bonchev–Trinajstić information content (AvgIpc) is 2.67. The first kappa shape index (κ1) is 12.6. The van der Waals surface area contributed by atoms with Crippen LogP contribution in [0.15, 0.2) is 18.2 Å². The molecule has 4 heteroatoms. The fraction of sp³-hybridized carbons (Fsp3) is 0.429. The van der Waals surface area contributed by atoms with Crippen LogP contribution in [-0.4, -0.2) is 18.9 Å². The number of hydrogen-bond donors (Lipinski definition) is 1. The lowest BCUT2D eigenvalue weighted by Crippen LogP contribution is -2.21. The largest absolute Gasteiger partial charge is 0.496 e. The Bertz CT molecular complexity index is 494. The second-order valence-corrected chi connectivity index (χ2v) is 4.83. The predicted molar refractivity (Wildman–Crippen MR) is 67.6 cm³/mol. The molecule has 4 nitrogen and oxygen atoms in total. The third-order valence-electron chi connectivity index (χ3n) is 3.25. The van der Waals surface area contributed by atoms with E-state index in [2.05, 4.69) is 19.2 Å². The van der Waals surface area contributed by atoms with Gasteiger partial charge in [0.1, 0.15) is 5.75 Å². The van der Waals surface area contributed by atoms with E-state index in [4.69, 9.17) is 4.74 Å². The van der Waals surface area contributed by atoms with Gasteiger partial charge in [0.05, 0.1) is 13.0 Å². The zero-order valence-electron chi connectivity index (χ0n) is 10.8. The number of imide groups is 1. The molecule has 1 aliphatic heterocycles. The minimum atomic E-state index is -0.360. The quantitative estimate of drug-likeness (QED) is 0.830. The van der Waals surface area contributed by atoms with Gasteiger partial charge in [-0.3, -0.25) is 14.9 Å². The fourth-order valence-corrected chi connectivity index (χ4v) is 2.24. The normalized spacial score (nSPS) is 19.2. The second-order valence-electron chi connectivity index (χ2n) is 4.83. The summed E-state index contributed by atoms with van der Waals surface area (Å²) in [7, 11) is 1.63. The number of ether oxygens (including phenoxy) is 1. The number of carbonyl (C=O) groups excluding carboxylic acids is 2. The van der Waals surface area contributed by atoms with Crippen LogP contribution in [0, 0.1) is 0 Å². The zero-order valence-corrected chi connectivity index (χ0v) is 10.8. The number of carbonyl (C=O) groups is 2. The van der Waals surface area contributed by atoms with Crippen LogP contribution in [0.25, 0.3) is 0 Å². The summed E-state index contributed by atoms with van der Waals surface area (Å²) >= 11 is 0. The molecule has 2 rings (SSSR count). The minimum absolute atomic E-state index is 0.202. The van der Waals surface area contributed by atoms with Crippen molar-refractivity contribution in [3.05, 3.63) is 29.3 Å². The van der Waals surface area contributed by atoms with Crippen molar-refractivity contribution in [2.45, 2.75) is 32.1 Å². The molecule has 0 saturated carbocycles. The molecule has 96 valence electrons. The summed E-state index contributed by atoms with van der Waals surface area (Å²) in [6, 6.07) is 5.68. The zero-order chi connectivity index (χ0) is 13.3. The summed E-state index contributed by atoms with van der Waals surface area (Å²) in [4.78, 5) is 22.9. The number of hydrogen-bond acceptors (Lipinski definition) is 3. The summed E-state index contributed by atoms with van der Waals surface area (Å²) in [5.74, 6) is 0.353. The topological polar surface area (TPSA) is 55.4 Å². The molecule has 1 atom stereocenters. The molecule has 1 unspecified atom stereocenters. The Kier molecular flexibility index (Phi) is 3.36. The van der Waals surface area contributed by atoms with Gasteiger partial charge in [-0.2, -0.15) is 0 Å². The molecule has 1 aliphatic rings. The Balaban J connectivity index is 2.38. The first-order valence-electron chi connectivity index (χ1n) is 6.04. The molecule has 1 N–H and O–H groups in total. The van der Waals surface area contributed by atoms with Gasteiger partial charge in [0.15, 0.2) is 0 Å². The monoisotopic (exact) mass is 247 g/mol. The highest BCUT2D eigenvalue weighted by Crippen LogP contribution is 2.32. The van der Waals surface area contributed by atoms with Crippen LogP contribution in [0.1, 0.15) is 43.2 Å². The molecule has 1 aromatic carbocycles. The van der Waals surface area contributed by atoms with Crippen molar-refractivity contribution in [1.29, 1.82) is 0 Å². The Morgan fingerprint density at radius 3 is 2.56 bits per heavy atom. The molecular formula is C14H17NO3. The summed E-state index contributed by atoms with van der Waals surface area (Å²) in [6.45, 7) is 4.14. The third-order valence-corrected chi connectivity index (χ3v) is 3.25. The maximum absolute atomic E-state index is 11.7. The highest BCUT2D eigenvalue weighted by molar-refractivity contribution is 6.06. The van der Waals surface area contributed by atoms with Crippen molar-refractivity contribution in [3.63, 3.8) is 0 Å². The van der Waals surface area contributed by atoms with Crippen LogP contribution in [0.2, 0.25) is 0 Å². The van der Waals surface area contributed by atoms with Crippen molar-refractivity contribution < 1.29 is 14.3 Å². The standard InChI is InChI=1S/C14H17NO3/c1-8(2)10-6-9(4-5-12(10)18-3)11-7-13(16)15-14(11)17/h4-6,8,11H,7H2,1-3H3,(H,15,16,17). The van der Waals surface area contributed by atoms with E-state index in [-0.39, 0.29) is 24.2 Å². The van der Waals surface area contributed by atoms with Gasteiger partial charge in [-0.25, -0.2) is 0 Å². The van der Waals surface area contributed by atoms with E-state index in [1.807, 2.05) is 18.2 Å². The van der Waals surface area contributed by atoms with Gasteiger partial charge in [0, 0.05) is 6.42 Å². The van der Waals surface area contributed by atoms with Gasteiger partial charge in [0.25, 0.3) is 0 Å². The molecule has 18 heavy (non-hydrogen) atoms. The van der Waals surface area contributed by atoms with E-state index in [9.17, 15) is 9.59 Å². The van der Waals surface area contributed by atoms with Gasteiger partial charge in [-0.1, -0.05) is 26.0 Å². The molecule has 0 aliphatic carbocycles. The fourth-order valence-electron chi connectivity index (χ4n) is 2.24. The van der Waals surface area contributed by atoms with Gasteiger partial charge in [0.2, 0.25) is 11.8 Å². The maximum Gasteiger partial charge on any atom is 0.234 e. The van der Waals surface area contributed by atoms with E-state index in [0.717, 1.165) is 16.9 Å². The van der Waals surface area contributed by atoms with Crippen LogP contribution < -0.4 is 10.1 Å². The molecule has 1 aromatic rings. The summed E-state index contributed by atoms with van der Waals surface area (Å²) in [5.41, 5.74) is 1.94. The third kappa shape index (κ3) is 2.23. The molecule has 0 bridgehead atoms. The lowest BCUT2D eigenvalue weighted by Gasteiger charge is -2.15. The van der Waals surface area contributed by atoms with Gasteiger partial charge >= 0.3 is 0 Å². The molecule has 0 spiro atoms. The summed E-state index contributed by atoms with van der Waals surface area (Å²) < 4.78 is 5.30. The summed E-state index contributed by atoms with van der Waals surface area (Å²) in [5, 5.41) is 2.33. The van der Waals surface area contributed by atoms with E-state index in [1.54, 1.807) is 7.11 Å². The number of methoxy groups -OCH3 is 1. The van der Waals surface area contributed by atoms with Crippen LogP contribution in [0.4, 0.5) is 0 Å². The number of rotatable bonds is 3. The van der Waals surface area contributed by atoms with Gasteiger partial charge < -0.3 is 4.74 Å². The molecular weight excluding hydrogens is 230 g/mol. The SMILES string of the molecule is COc1ccc(C2CC(=O)NC2=O)cc1C(C)C. The van der Waals surface area contributed by atoms with Crippen LogP contribution in [0.3, 0.4) is 0 Å². The van der Waals surface area contributed by atoms with Crippen molar-refractivity contribution in [1.82, 2.24) is 5.32 Å². The minimum Gasteiger partial charge on any atom is -0.496 e. The summed E-state index contributed by atoms with van der Waals surface area (Å²) in [6.07, 6.45) is 0.239. The van der Waals surface area contributed by atoms with Crippen LogP contribution in [-0.2, 0) is 9.59 Å². The molecule has 0 radical (unpaired) electrons. The highest BCUT2D eigenvalue weighted by atomic mass is 16.5. The maximum atomic E-state index is 11.7. The van der Waals surface area contributed by atoms with E-state index >= 15 is 0 Å². The first-order chi connectivity index (χ1) is 8.52. The molecule has 1 saturated heterocycles. The molecule has 0 aromatic heterocycles. The van der Waals surface area contributed by atoms with E-state index < -0.39 is 0 Å². The number of benzene rings is 1. The van der Waals surface area contributed by atoms with Crippen molar-refractivity contribution in [3.8, 4) is 5.75 Å². The predicted octanol–water partition coefficient (Wildman–Crippen LogP) is 1.95. The van der Waals surface area contributed by atoms with Gasteiger partial charge in [-0.15, -0.1) is 0 Å². The lowest BCUT2D eigenvalue weighted by atomic mass is 9.92. The Morgan fingerprint density at radius 2 is 2.06 bits per heavy atom. The van der Waals surface area contributed by atoms with Gasteiger partial charge in [-0.05, 0) is 23.1 Å². The Morgan fingerprint density at radius 1 is 1.33 bits per heavy atom. The average molecular weight is 247 g/mol. The number of nitrogens with one attached hydrogen (secondary N) is 1. The van der Waals surface area contributed by atoms with Crippen molar-refractivity contribution in [2.75, 3.05) is 7.11 Å². The van der Waals surface area contributed by atoms with Crippen molar-refractivity contribution in [2.24, 2.45) is 0 Å². The molecule has 2 amide bonds. The van der Waals surface area contributed by atoms with E-state index in [1.165, 1.54) is 0 Å². The van der Waals surface area contributed by atoms with Crippen molar-refractivity contribution >= 4 is 11.8 Å². The van der Waals surface area contributed by atoms with E-state index in [0.29, 0.717) is 5.92 Å². The Labute approximate surface area is 106 Å². The highest BCUT2D eigenvalue weighted by Gasteiger charge is 2.32. The first-order valence-corrected chi connectivity index (χ1v) is 6.04. The van der Waals surface area contributed by atoms with Crippen LogP contribution in [0.5, 0.6) is 5.75 Å². The molecule has 1 fully saturated rings.